The van der Waals surface area contributed by atoms with Crippen LogP contribution in [0.15, 0.2) is 66.3 Å². The van der Waals surface area contributed by atoms with E-state index in [1.165, 1.54) is 12.3 Å². The number of aliphatic imine (C=N–C) groups is 1. The third-order valence-electron chi connectivity index (χ3n) is 5.01. The summed E-state index contributed by atoms with van der Waals surface area (Å²) < 4.78 is 17.6. The highest BCUT2D eigenvalue weighted by Crippen LogP contribution is 2.28. The van der Waals surface area contributed by atoms with E-state index in [0.717, 1.165) is 24.0 Å². The van der Waals surface area contributed by atoms with Crippen molar-refractivity contribution in [2.24, 2.45) is 4.99 Å². The predicted octanol–water partition coefficient (Wildman–Crippen LogP) is 5.16. The first-order valence-corrected chi connectivity index (χ1v) is 11.3. The minimum absolute atomic E-state index is 0.0679. The molecular weight excluding hydrogens is 463 g/mol. The number of hydrogen-bond donors (Lipinski definition) is 3. The second-order valence-corrected chi connectivity index (χ2v) is 8.43. The van der Waals surface area contributed by atoms with Crippen molar-refractivity contribution in [2.75, 3.05) is 5.32 Å². The van der Waals surface area contributed by atoms with Gasteiger partial charge in [-0.3, -0.25) is 15.2 Å². The Kier molecular flexibility index (Phi) is 8.23. The number of aromatic nitrogens is 2. The molecule has 174 valence electrons. The van der Waals surface area contributed by atoms with Gasteiger partial charge in [-0.15, -0.1) is 0 Å². The number of thiol groups is 1. The minimum atomic E-state index is -2.39. The van der Waals surface area contributed by atoms with Gasteiger partial charge in [0.25, 0.3) is 5.91 Å². The molecule has 1 aliphatic rings. The number of hydrazine groups is 1. The lowest BCUT2D eigenvalue weighted by atomic mass is 9.94. The second-order valence-electron chi connectivity index (χ2n) is 7.56. The first-order valence-electron chi connectivity index (χ1n) is 10.5. The van der Waals surface area contributed by atoms with Crippen LogP contribution < -0.4 is 10.7 Å². The van der Waals surface area contributed by atoms with Gasteiger partial charge in [0.05, 0.1) is 10.7 Å². The SMILES string of the molecule is C=C(/N=C(\C=C/C)C(F)(CC)C(=O)Nc1ccc(-c2cncc(Cl)c2)cn1)NN(S)C1CC1. The Bertz CT molecular complexity index is 1070. The van der Waals surface area contributed by atoms with Crippen LogP contribution in [0.5, 0.6) is 0 Å². The number of rotatable bonds is 10. The molecule has 1 unspecified atom stereocenters. The molecule has 3 rings (SSSR count). The number of carbonyl (C=O) groups is 1. The maximum Gasteiger partial charge on any atom is 0.269 e. The molecule has 33 heavy (non-hydrogen) atoms. The van der Waals surface area contributed by atoms with Crippen molar-refractivity contribution in [3.05, 3.63) is 66.4 Å². The molecular formula is C23H26ClFN6OS. The first kappa shape index (κ1) is 24.9. The average Bonchev–Trinajstić information content (AvgIpc) is 3.64. The van der Waals surface area contributed by atoms with Gasteiger partial charge in [-0.05, 0) is 50.5 Å². The van der Waals surface area contributed by atoms with E-state index in [1.807, 2.05) is 0 Å². The number of nitrogens with zero attached hydrogens (tertiary/aromatic N) is 4. The van der Waals surface area contributed by atoms with Crippen LogP contribution in [0.3, 0.4) is 0 Å². The molecule has 0 aromatic carbocycles. The molecule has 1 saturated carbocycles. The summed E-state index contributed by atoms with van der Waals surface area (Å²) in [5.41, 5.74) is 1.97. The minimum Gasteiger partial charge on any atom is -0.308 e. The summed E-state index contributed by atoms with van der Waals surface area (Å²) in [4.78, 5) is 25.5. The number of amides is 1. The van der Waals surface area contributed by atoms with E-state index in [1.54, 1.807) is 54.9 Å². The van der Waals surface area contributed by atoms with Crippen LogP contribution in [-0.2, 0) is 4.79 Å². The number of hydrogen-bond acceptors (Lipinski definition) is 7. The summed E-state index contributed by atoms with van der Waals surface area (Å²) in [5.74, 6) is -0.476. The van der Waals surface area contributed by atoms with Gasteiger partial charge in [0, 0.05) is 35.8 Å². The van der Waals surface area contributed by atoms with Crippen LogP contribution in [0.4, 0.5) is 10.2 Å². The Morgan fingerprint density at radius 3 is 2.73 bits per heavy atom. The lowest BCUT2D eigenvalue weighted by molar-refractivity contribution is -0.123. The third-order valence-corrected chi connectivity index (χ3v) is 5.65. The number of pyridine rings is 2. The molecule has 1 fully saturated rings. The quantitative estimate of drug-likeness (QED) is 0.244. The van der Waals surface area contributed by atoms with E-state index in [4.69, 9.17) is 11.6 Å². The number of halogens is 2. The molecule has 0 radical (unpaired) electrons. The Balaban J connectivity index is 1.76. The molecule has 7 nitrogen and oxygen atoms in total. The molecule has 0 bridgehead atoms. The van der Waals surface area contributed by atoms with Crippen LogP contribution in [0, 0.1) is 0 Å². The van der Waals surface area contributed by atoms with Crippen LogP contribution in [0.1, 0.15) is 33.1 Å². The molecule has 0 saturated heterocycles. The van der Waals surface area contributed by atoms with Crippen molar-refractivity contribution in [1.29, 1.82) is 0 Å². The summed E-state index contributed by atoms with van der Waals surface area (Å²) in [6.07, 6.45) is 9.72. The zero-order valence-electron chi connectivity index (χ0n) is 18.4. The van der Waals surface area contributed by atoms with Gasteiger partial charge in [0.2, 0.25) is 5.67 Å². The summed E-state index contributed by atoms with van der Waals surface area (Å²) in [5, 5.41) is 3.05. The zero-order chi connectivity index (χ0) is 24.0. The highest BCUT2D eigenvalue weighted by atomic mass is 35.5. The average molecular weight is 489 g/mol. The number of nitrogens with one attached hydrogen (secondary N) is 2. The van der Waals surface area contributed by atoms with E-state index in [0.29, 0.717) is 5.02 Å². The van der Waals surface area contributed by atoms with E-state index >= 15 is 4.39 Å². The van der Waals surface area contributed by atoms with Crippen LogP contribution in [-0.4, -0.2) is 37.7 Å². The number of carbonyl (C=O) groups excluding carboxylic acids is 1. The molecule has 2 N–H and O–H groups in total. The maximum absolute atomic E-state index is 16.0. The van der Waals surface area contributed by atoms with Crippen molar-refractivity contribution >= 4 is 41.9 Å². The highest BCUT2D eigenvalue weighted by molar-refractivity contribution is 7.77. The first-order chi connectivity index (χ1) is 15.8. The molecule has 2 aromatic heterocycles. The Morgan fingerprint density at radius 1 is 1.39 bits per heavy atom. The van der Waals surface area contributed by atoms with Gasteiger partial charge in [0.1, 0.15) is 11.6 Å². The fraction of sp³-hybridized carbons (Fsp3) is 0.304. The lowest BCUT2D eigenvalue weighted by Crippen LogP contribution is -2.45. The van der Waals surface area contributed by atoms with E-state index in [9.17, 15) is 4.79 Å². The standard InChI is InChI=1S/C23H26ClFN6OS/c1-4-6-20(28-15(3)30-31(33)19-8-9-19)23(25,5-2)22(32)29-21-10-7-16(13-27-21)17-11-18(24)14-26-12-17/h4,6-7,10-14,19,30,33H,3,5,8-9H2,1-2H3,(H,27,29,32)/b6-4-,28-20+. The summed E-state index contributed by atoms with van der Waals surface area (Å²) in [7, 11) is 0. The fourth-order valence-corrected chi connectivity index (χ4v) is 3.53. The molecule has 0 aliphatic heterocycles. The van der Waals surface area contributed by atoms with E-state index < -0.39 is 11.6 Å². The van der Waals surface area contributed by atoms with Gasteiger partial charge in [-0.2, -0.15) is 4.41 Å². The van der Waals surface area contributed by atoms with Crippen LogP contribution in [0.25, 0.3) is 11.1 Å². The fourth-order valence-electron chi connectivity index (χ4n) is 3.01. The highest BCUT2D eigenvalue weighted by Gasteiger charge is 2.42. The van der Waals surface area contributed by atoms with E-state index in [2.05, 4.69) is 45.1 Å². The Morgan fingerprint density at radius 2 is 2.15 bits per heavy atom. The van der Waals surface area contributed by atoms with Gasteiger partial charge in [-0.1, -0.05) is 44.0 Å². The van der Waals surface area contributed by atoms with Gasteiger partial charge < -0.3 is 5.32 Å². The smallest absolute Gasteiger partial charge is 0.269 e. The van der Waals surface area contributed by atoms with Crippen LogP contribution in [0.2, 0.25) is 5.02 Å². The molecule has 1 atom stereocenters. The zero-order valence-corrected chi connectivity index (χ0v) is 20.1. The van der Waals surface area contributed by atoms with Crippen molar-refractivity contribution in [3.63, 3.8) is 0 Å². The summed E-state index contributed by atoms with van der Waals surface area (Å²) in [6, 6.07) is 5.37. The van der Waals surface area contributed by atoms with Gasteiger partial charge >= 0.3 is 0 Å². The molecule has 0 spiro atoms. The normalized spacial score (nSPS) is 16.0. The van der Waals surface area contributed by atoms with Gasteiger partial charge in [-0.25, -0.2) is 14.4 Å². The van der Waals surface area contributed by atoms with Crippen molar-refractivity contribution in [2.45, 2.75) is 44.8 Å². The number of alkyl halides is 1. The maximum atomic E-state index is 16.0. The molecule has 1 amide bonds. The van der Waals surface area contributed by atoms with Crippen molar-refractivity contribution < 1.29 is 9.18 Å². The van der Waals surface area contributed by atoms with Crippen LogP contribution >= 0.6 is 24.4 Å². The number of anilines is 1. The molecule has 10 heteroatoms. The molecule has 2 heterocycles. The summed E-state index contributed by atoms with van der Waals surface area (Å²) in [6.45, 7) is 7.11. The Labute approximate surface area is 203 Å². The van der Waals surface area contributed by atoms with Crippen molar-refractivity contribution in [1.82, 2.24) is 19.8 Å². The largest absolute Gasteiger partial charge is 0.308 e. The third kappa shape index (κ3) is 6.40. The molecule has 2 aromatic rings. The van der Waals surface area contributed by atoms with Gasteiger partial charge in [0.15, 0.2) is 0 Å². The molecule has 1 aliphatic carbocycles. The van der Waals surface area contributed by atoms with E-state index in [-0.39, 0.29) is 29.8 Å². The lowest BCUT2D eigenvalue weighted by Gasteiger charge is -2.24. The topological polar surface area (TPSA) is 82.5 Å². The monoisotopic (exact) mass is 488 g/mol. The summed E-state index contributed by atoms with van der Waals surface area (Å²) >= 11 is 10.3. The predicted molar refractivity (Wildman–Crippen MR) is 134 cm³/mol. The Hall–Kier alpha value is -2.75. The number of allylic oxidation sites excluding steroid dienone is 2. The van der Waals surface area contributed by atoms with Crippen molar-refractivity contribution in [3.8, 4) is 11.1 Å². The second kappa shape index (κ2) is 10.9.